The average molecular weight is 265 g/mol. The SMILES string of the molecule is CN=C(NCCC(=O)N(C)C)NCCn1cccc1. The Bertz CT molecular complexity index is 397. The van der Waals surface area contributed by atoms with Crippen LogP contribution in [0.4, 0.5) is 0 Å². The third-order valence-corrected chi connectivity index (χ3v) is 2.68. The maximum atomic E-state index is 11.4. The Kier molecular flexibility index (Phi) is 6.49. The lowest BCUT2D eigenvalue weighted by molar-refractivity contribution is -0.128. The van der Waals surface area contributed by atoms with Gasteiger partial charge < -0.3 is 20.1 Å². The number of carbonyl (C=O) groups is 1. The Hall–Kier alpha value is -1.98. The van der Waals surface area contributed by atoms with Gasteiger partial charge in [0.1, 0.15) is 0 Å². The summed E-state index contributed by atoms with van der Waals surface area (Å²) in [6, 6.07) is 4.00. The molecule has 0 spiro atoms. The molecule has 0 aromatic carbocycles. The number of aromatic nitrogens is 1. The fraction of sp³-hybridized carbons (Fsp3) is 0.538. The van der Waals surface area contributed by atoms with Gasteiger partial charge in [0.25, 0.3) is 0 Å². The molecule has 106 valence electrons. The molecule has 0 aliphatic carbocycles. The number of hydrogen-bond acceptors (Lipinski definition) is 2. The highest BCUT2D eigenvalue weighted by atomic mass is 16.2. The fourth-order valence-electron chi connectivity index (χ4n) is 1.55. The Balaban J connectivity index is 2.18. The summed E-state index contributed by atoms with van der Waals surface area (Å²) in [7, 11) is 5.23. The minimum Gasteiger partial charge on any atom is -0.356 e. The van der Waals surface area contributed by atoms with Crippen molar-refractivity contribution in [2.45, 2.75) is 13.0 Å². The molecule has 6 nitrogen and oxygen atoms in total. The van der Waals surface area contributed by atoms with Crippen molar-refractivity contribution in [2.75, 3.05) is 34.2 Å². The largest absolute Gasteiger partial charge is 0.356 e. The van der Waals surface area contributed by atoms with E-state index in [9.17, 15) is 4.79 Å². The number of carbonyl (C=O) groups excluding carboxylic acids is 1. The second kappa shape index (κ2) is 8.18. The summed E-state index contributed by atoms with van der Waals surface area (Å²) in [4.78, 5) is 17.1. The molecule has 2 N–H and O–H groups in total. The van der Waals surface area contributed by atoms with Gasteiger partial charge in [0.15, 0.2) is 5.96 Å². The van der Waals surface area contributed by atoms with Crippen LogP contribution in [0.1, 0.15) is 6.42 Å². The van der Waals surface area contributed by atoms with Crippen LogP contribution in [-0.2, 0) is 11.3 Å². The molecule has 0 bridgehead atoms. The Labute approximate surface area is 114 Å². The van der Waals surface area contributed by atoms with E-state index in [0.29, 0.717) is 13.0 Å². The predicted octanol–water partition coefficient (Wildman–Crippen LogP) is 0.131. The van der Waals surface area contributed by atoms with Crippen molar-refractivity contribution in [3.05, 3.63) is 24.5 Å². The zero-order valence-corrected chi connectivity index (χ0v) is 11.9. The van der Waals surface area contributed by atoms with Gasteiger partial charge in [-0.3, -0.25) is 9.79 Å². The van der Waals surface area contributed by atoms with Crippen molar-refractivity contribution in [1.29, 1.82) is 0 Å². The van der Waals surface area contributed by atoms with Crippen molar-refractivity contribution in [2.24, 2.45) is 4.99 Å². The second-order valence-corrected chi connectivity index (χ2v) is 4.38. The number of hydrogen-bond donors (Lipinski definition) is 2. The second-order valence-electron chi connectivity index (χ2n) is 4.38. The van der Waals surface area contributed by atoms with Gasteiger partial charge >= 0.3 is 0 Å². The summed E-state index contributed by atoms with van der Waals surface area (Å²) in [6.07, 6.45) is 4.51. The van der Waals surface area contributed by atoms with Crippen LogP contribution in [0.5, 0.6) is 0 Å². The van der Waals surface area contributed by atoms with Crippen molar-refractivity contribution >= 4 is 11.9 Å². The van der Waals surface area contributed by atoms with E-state index in [1.165, 1.54) is 0 Å². The molecule has 0 saturated carbocycles. The highest BCUT2D eigenvalue weighted by Gasteiger charge is 2.03. The molecule has 1 amide bonds. The van der Waals surface area contributed by atoms with Gasteiger partial charge in [-0.1, -0.05) is 0 Å². The molecule has 0 aliphatic rings. The maximum Gasteiger partial charge on any atom is 0.223 e. The van der Waals surface area contributed by atoms with Crippen LogP contribution in [0.25, 0.3) is 0 Å². The maximum absolute atomic E-state index is 11.4. The first-order chi connectivity index (χ1) is 9.13. The molecule has 1 rings (SSSR count). The minimum absolute atomic E-state index is 0.107. The quantitative estimate of drug-likeness (QED) is 0.568. The van der Waals surface area contributed by atoms with E-state index < -0.39 is 0 Å². The standard InChI is InChI=1S/C13H23N5O/c1-14-13(15-7-6-12(19)17(2)3)16-8-11-18-9-4-5-10-18/h4-5,9-10H,6-8,11H2,1-3H3,(H2,14,15,16). The van der Waals surface area contributed by atoms with E-state index in [2.05, 4.69) is 20.2 Å². The third kappa shape index (κ3) is 5.94. The van der Waals surface area contributed by atoms with Gasteiger partial charge in [-0.05, 0) is 12.1 Å². The van der Waals surface area contributed by atoms with E-state index in [-0.39, 0.29) is 5.91 Å². The first-order valence-corrected chi connectivity index (χ1v) is 6.39. The molecular formula is C13H23N5O. The first-order valence-electron chi connectivity index (χ1n) is 6.39. The summed E-state index contributed by atoms with van der Waals surface area (Å²) in [5.74, 6) is 0.828. The predicted molar refractivity (Wildman–Crippen MR) is 77.1 cm³/mol. The Morgan fingerprint density at radius 2 is 1.84 bits per heavy atom. The molecule has 0 aliphatic heterocycles. The highest BCUT2D eigenvalue weighted by Crippen LogP contribution is 1.88. The molecular weight excluding hydrogens is 242 g/mol. The van der Waals surface area contributed by atoms with Crippen molar-refractivity contribution in [1.82, 2.24) is 20.1 Å². The van der Waals surface area contributed by atoms with Gasteiger partial charge in [0.05, 0.1) is 0 Å². The lowest BCUT2D eigenvalue weighted by atomic mass is 10.4. The van der Waals surface area contributed by atoms with Crippen molar-refractivity contribution < 1.29 is 4.79 Å². The van der Waals surface area contributed by atoms with Crippen molar-refractivity contribution in [3.63, 3.8) is 0 Å². The number of aliphatic imine (C=N–C) groups is 1. The molecule has 0 saturated heterocycles. The van der Waals surface area contributed by atoms with Crippen LogP contribution in [0.2, 0.25) is 0 Å². The third-order valence-electron chi connectivity index (χ3n) is 2.68. The molecule has 19 heavy (non-hydrogen) atoms. The van der Waals surface area contributed by atoms with Crippen LogP contribution < -0.4 is 10.6 Å². The van der Waals surface area contributed by atoms with E-state index >= 15 is 0 Å². The van der Waals surface area contributed by atoms with Crippen LogP contribution in [0.3, 0.4) is 0 Å². The van der Waals surface area contributed by atoms with E-state index in [1.807, 2.05) is 24.5 Å². The molecule has 0 unspecified atom stereocenters. The zero-order chi connectivity index (χ0) is 14.1. The lowest BCUT2D eigenvalue weighted by Crippen LogP contribution is -2.40. The Morgan fingerprint density at radius 3 is 2.42 bits per heavy atom. The van der Waals surface area contributed by atoms with Gasteiger partial charge in [-0.15, -0.1) is 0 Å². The summed E-state index contributed by atoms with van der Waals surface area (Å²) < 4.78 is 2.09. The number of nitrogens with one attached hydrogen (secondary N) is 2. The number of nitrogens with zero attached hydrogens (tertiary/aromatic N) is 3. The van der Waals surface area contributed by atoms with E-state index in [0.717, 1.165) is 19.0 Å². The molecule has 0 atom stereocenters. The van der Waals surface area contributed by atoms with Crippen LogP contribution in [0.15, 0.2) is 29.5 Å². The molecule has 6 heteroatoms. The summed E-state index contributed by atoms with van der Waals surface area (Å²) >= 11 is 0. The summed E-state index contributed by atoms with van der Waals surface area (Å²) in [6.45, 7) is 2.25. The van der Waals surface area contributed by atoms with Crippen LogP contribution in [-0.4, -0.2) is 55.6 Å². The summed E-state index contributed by atoms with van der Waals surface area (Å²) in [5.41, 5.74) is 0. The van der Waals surface area contributed by atoms with Crippen LogP contribution in [0, 0.1) is 0 Å². The number of guanidine groups is 1. The van der Waals surface area contributed by atoms with E-state index in [4.69, 9.17) is 0 Å². The average Bonchev–Trinajstić information content (AvgIpc) is 2.89. The fourth-order valence-corrected chi connectivity index (χ4v) is 1.55. The molecule has 1 heterocycles. The van der Waals surface area contributed by atoms with Gasteiger partial charge in [0, 0.05) is 59.6 Å². The van der Waals surface area contributed by atoms with Crippen LogP contribution >= 0.6 is 0 Å². The minimum atomic E-state index is 0.107. The molecule has 0 radical (unpaired) electrons. The first kappa shape index (κ1) is 15.1. The molecule has 1 aromatic rings. The molecule has 0 fully saturated rings. The smallest absolute Gasteiger partial charge is 0.223 e. The van der Waals surface area contributed by atoms with Gasteiger partial charge in [-0.2, -0.15) is 0 Å². The van der Waals surface area contributed by atoms with Gasteiger partial charge in [-0.25, -0.2) is 0 Å². The summed E-state index contributed by atoms with van der Waals surface area (Å²) in [5, 5.41) is 6.32. The van der Waals surface area contributed by atoms with Gasteiger partial charge in [0.2, 0.25) is 5.91 Å². The molecule has 1 aromatic heterocycles. The van der Waals surface area contributed by atoms with Crippen molar-refractivity contribution in [3.8, 4) is 0 Å². The zero-order valence-electron chi connectivity index (χ0n) is 11.9. The highest BCUT2D eigenvalue weighted by molar-refractivity contribution is 5.81. The normalized spacial score (nSPS) is 11.2. The number of amides is 1. The van der Waals surface area contributed by atoms with E-state index in [1.54, 1.807) is 26.0 Å². The topological polar surface area (TPSA) is 61.7 Å². The number of rotatable bonds is 6. The Morgan fingerprint density at radius 1 is 1.21 bits per heavy atom. The lowest BCUT2D eigenvalue weighted by Gasteiger charge is -2.13. The monoisotopic (exact) mass is 265 g/mol.